The fourth-order valence-corrected chi connectivity index (χ4v) is 5.59. The summed E-state index contributed by atoms with van der Waals surface area (Å²) >= 11 is 0. The molecule has 6 N–H and O–H groups in total. The van der Waals surface area contributed by atoms with Crippen LogP contribution < -0.4 is 31.2 Å². The third kappa shape index (κ3) is 10.1. The molecule has 0 aliphatic carbocycles. The zero-order valence-corrected chi connectivity index (χ0v) is 29.1. The third-order valence-corrected chi connectivity index (χ3v) is 8.65. The predicted molar refractivity (Wildman–Crippen MR) is 193 cm³/mol. The first kappa shape index (κ1) is 37.5. The third-order valence-electron chi connectivity index (χ3n) is 8.65. The number of nitrogens with two attached hydrogens (primary N) is 1. The van der Waals surface area contributed by atoms with E-state index < -0.39 is 12.1 Å². The largest absolute Gasteiger partial charge is 0.497 e. The molecule has 0 spiro atoms. The Morgan fingerprint density at radius 3 is 2.24 bits per heavy atom. The van der Waals surface area contributed by atoms with Crippen LogP contribution in [0.2, 0.25) is 0 Å². The zero-order chi connectivity index (χ0) is 36.2. The number of hydrogen-bond acceptors (Lipinski definition) is 8. The van der Waals surface area contributed by atoms with Crippen molar-refractivity contribution in [2.24, 2.45) is 5.92 Å². The van der Waals surface area contributed by atoms with E-state index in [1.807, 2.05) is 6.92 Å². The van der Waals surface area contributed by atoms with E-state index in [0.29, 0.717) is 54.2 Å². The van der Waals surface area contributed by atoms with Crippen LogP contribution in [-0.4, -0.2) is 84.7 Å². The summed E-state index contributed by atoms with van der Waals surface area (Å²) in [5.74, 6) is -0.117. The number of carbonyl (C=O) groups excluding carboxylic acids is 4. The van der Waals surface area contributed by atoms with Gasteiger partial charge in [-0.1, -0.05) is 31.5 Å². The second-order valence-corrected chi connectivity index (χ2v) is 12.6. The molecule has 1 heterocycles. The molecule has 0 radical (unpaired) electrons. The van der Waals surface area contributed by atoms with Crippen LogP contribution in [0, 0.1) is 5.92 Å². The standard InChI is InChI=1S/C37H48N6O7/c1-24-21-43(25(2)23-44)36(47)28-11-10-14-31(41-34(46)16-7-5-6-15-33(45)40-30-13-9-8-12-29(30)38)35(28)50-32(24)22-42(3)37(48)39-26-17-19-27(49-4)20-18-26/h8-14,17-20,24-25,32,44H,5-7,15-16,21-23,38H2,1-4H3,(H,39,48)(H,40,45)(H,41,46)/t24-,25-,32-/m0/s1. The van der Waals surface area contributed by atoms with Gasteiger partial charge in [0.2, 0.25) is 11.8 Å². The highest BCUT2D eigenvalue weighted by atomic mass is 16.5. The fraction of sp³-hybridized carbons (Fsp3) is 0.405. The minimum atomic E-state index is -0.572. The summed E-state index contributed by atoms with van der Waals surface area (Å²) in [4.78, 5) is 55.5. The van der Waals surface area contributed by atoms with E-state index in [2.05, 4.69) is 16.0 Å². The minimum Gasteiger partial charge on any atom is -0.497 e. The second-order valence-electron chi connectivity index (χ2n) is 12.6. The summed E-state index contributed by atoms with van der Waals surface area (Å²) in [5, 5.41) is 18.6. The number of nitrogens with one attached hydrogen (secondary N) is 3. The van der Waals surface area contributed by atoms with Crippen LogP contribution in [0.25, 0.3) is 0 Å². The summed E-state index contributed by atoms with van der Waals surface area (Å²) in [6.07, 6.45) is 1.74. The van der Waals surface area contributed by atoms with Crippen molar-refractivity contribution in [3.05, 3.63) is 72.3 Å². The van der Waals surface area contributed by atoms with Crippen molar-refractivity contribution in [1.82, 2.24) is 9.80 Å². The number of fused-ring (bicyclic) bond motifs is 1. The molecule has 1 aliphatic rings. The lowest BCUT2D eigenvalue weighted by Gasteiger charge is -2.38. The molecule has 0 fully saturated rings. The van der Waals surface area contributed by atoms with E-state index in [9.17, 15) is 24.3 Å². The number of carbonyl (C=O) groups is 4. The number of amides is 5. The first-order valence-electron chi connectivity index (χ1n) is 16.8. The van der Waals surface area contributed by atoms with Gasteiger partial charge in [-0.3, -0.25) is 14.4 Å². The van der Waals surface area contributed by atoms with Crippen molar-refractivity contribution in [3.63, 3.8) is 0 Å². The van der Waals surface area contributed by atoms with E-state index in [1.54, 1.807) is 92.7 Å². The average molecular weight is 689 g/mol. The fourth-order valence-electron chi connectivity index (χ4n) is 5.59. The molecule has 0 bridgehead atoms. The Bertz CT molecular complexity index is 1630. The number of nitrogens with zero attached hydrogens (tertiary/aromatic N) is 2. The highest BCUT2D eigenvalue weighted by Crippen LogP contribution is 2.35. The lowest BCUT2D eigenvalue weighted by molar-refractivity contribution is -0.116. The molecule has 3 aromatic carbocycles. The quantitative estimate of drug-likeness (QED) is 0.114. The number of hydrogen-bond donors (Lipinski definition) is 5. The maximum atomic E-state index is 13.8. The molecule has 4 rings (SSSR count). The Hall–Kier alpha value is -5.30. The molecular formula is C37H48N6O7. The number of para-hydroxylation sites is 3. The summed E-state index contributed by atoms with van der Waals surface area (Å²) in [5.41, 5.74) is 8.14. The molecule has 0 aromatic heterocycles. The van der Waals surface area contributed by atoms with Crippen LogP contribution in [0.1, 0.15) is 56.3 Å². The van der Waals surface area contributed by atoms with E-state index in [4.69, 9.17) is 15.2 Å². The topological polar surface area (TPSA) is 176 Å². The highest BCUT2D eigenvalue weighted by molar-refractivity contribution is 6.01. The molecule has 50 heavy (non-hydrogen) atoms. The molecule has 3 aromatic rings. The van der Waals surface area contributed by atoms with Gasteiger partial charge >= 0.3 is 6.03 Å². The number of anilines is 4. The number of unbranched alkanes of at least 4 members (excludes halogenated alkanes) is 2. The molecule has 0 saturated heterocycles. The average Bonchev–Trinajstić information content (AvgIpc) is 3.10. The summed E-state index contributed by atoms with van der Waals surface area (Å²) < 4.78 is 11.7. The Morgan fingerprint density at radius 1 is 0.960 bits per heavy atom. The maximum absolute atomic E-state index is 13.8. The number of likely N-dealkylation sites (N-methyl/N-ethyl adjacent to an activating group) is 1. The highest BCUT2D eigenvalue weighted by Gasteiger charge is 2.35. The van der Waals surface area contributed by atoms with Gasteiger partial charge in [-0.05, 0) is 68.3 Å². The monoisotopic (exact) mass is 688 g/mol. The number of urea groups is 1. The normalized spacial score (nSPS) is 16.2. The van der Waals surface area contributed by atoms with Gasteiger partial charge in [-0.15, -0.1) is 0 Å². The summed E-state index contributed by atoms with van der Waals surface area (Å²) in [6.45, 7) is 3.91. The Balaban J connectivity index is 1.42. The zero-order valence-electron chi connectivity index (χ0n) is 29.1. The van der Waals surface area contributed by atoms with Gasteiger partial charge in [0, 0.05) is 38.0 Å². The lowest BCUT2D eigenvalue weighted by Crippen LogP contribution is -2.50. The van der Waals surface area contributed by atoms with E-state index in [-0.39, 0.29) is 67.1 Å². The van der Waals surface area contributed by atoms with E-state index in [0.717, 1.165) is 0 Å². The van der Waals surface area contributed by atoms with Crippen LogP contribution in [-0.2, 0) is 9.59 Å². The van der Waals surface area contributed by atoms with Gasteiger partial charge in [-0.2, -0.15) is 0 Å². The molecule has 0 unspecified atom stereocenters. The molecule has 13 nitrogen and oxygen atoms in total. The van der Waals surface area contributed by atoms with Crippen molar-refractivity contribution in [1.29, 1.82) is 0 Å². The molecule has 1 aliphatic heterocycles. The smallest absolute Gasteiger partial charge is 0.321 e. The van der Waals surface area contributed by atoms with Crippen molar-refractivity contribution in [2.75, 3.05) is 55.5 Å². The number of benzene rings is 3. The SMILES string of the molecule is COc1ccc(NC(=O)N(C)C[C@@H]2Oc3c(NC(=O)CCCCCC(=O)Nc4ccccc4N)cccc3C(=O)N([C@@H](C)CO)C[C@@H]2C)cc1. The summed E-state index contributed by atoms with van der Waals surface area (Å²) in [7, 11) is 3.22. The summed E-state index contributed by atoms with van der Waals surface area (Å²) in [6, 6.07) is 18.2. The predicted octanol–water partition coefficient (Wildman–Crippen LogP) is 5.19. The molecular weight excluding hydrogens is 640 g/mol. The van der Waals surface area contributed by atoms with Gasteiger partial charge < -0.3 is 46.1 Å². The van der Waals surface area contributed by atoms with Gasteiger partial charge in [0.15, 0.2) is 5.75 Å². The lowest BCUT2D eigenvalue weighted by atomic mass is 9.99. The first-order chi connectivity index (χ1) is 24.0. The number of nitrogen functional groups attached to an aromatic ring is 1. The number of rotatable bonds is 14. The number of ether oxygens (including phenoxy) is 2. The Morgan fingerprint density at radius 2 is 1.60 bits per heavy atom. The molecule has 0 saturated carbocycles. The van der Waals surface area contributed by atoms with Crippen molar-refractivity contribution < 1.29 is 33.8 Å². The van der Waals surface area contributed by atoms with Crippen molar-refractivity contribution >= 4 is 46.5 Å². The minimum absolute atomic E-state index is 0.144. The van der Waals surface area contributed by atoms with Crippen LogP contribution in [0.3, 0.4) is 0 Å². The van der Waals surface area contributed by atoms with Crippen LogP contribution >= 0.6 is 0 Å². The van der Waals surface area contributed by atoms with Gasteiger partial charge in [0.1, 0.15) is 11.9 Å². The second kappa shape index (κ2) is 17.9. The Kier molecular flexibility index (Phi) is 13.4. The number of methoxy groups -OCH3 is 1. The van der Waals surface area contributed by atoms with Crippen molar-refractivity contribution in [3.8, 4) is 11.5 Å². The molecule has 268 valence electrons. The van der Waals surface area contributed by atoms with Crippen LogP contribution in [0.5, 0.6) is 11.5 Å². The van der Waals surface area contributed by atoms with E-state index >= 15 is 0 Å². The Labute approximate surface area is 293 Å². The van der Waals surface area contributed by atoms with Gasteiger partial charge in [0.05, 0.1) is 48.9 Å². The maximum Gasteiger partial charge on any atom is 0.321 e. The molecule has 13 heteroatoms. The number of aliphatic hydroxyl groups is 1. The van der Waals surface area contributed by atoms with Gasteiger partial charge in [-0.25, -0.2) is 4.79 Å². The molecule has 3 atom stereocenters. The molecule has 5 amide bonds. The first-order valence-corrected chi connectivity index (χ1v) is 16.8. The number of aliphatic hydroxyl groups excluding tert-OH is 1. The van der Waals surface area contributed by atoms with E-state index in [1.165, 1.54) is 4.90 Å². The van der Waals surface area contributed by atoms with Crippen LogP contribution in [0.4, 0.5) is 27.5 Å². The van der Waals surface area contributed by atoms with Crippen LogP contribution in [0.15, 0.2) is 66.7 Å². The van der Waals surface area contributed by atoms with Crippen molar-refractivity contribution in [2.45, 2.75) is 58.1 Å². The van der Waals surface area contributed by atoms with Gasteiger partial charge in [0.25, 0.3) is 5.91 Å².